The van der Waals surface area contributed by atoms with Gasteiger partial charge in [0, 0.05) is 38.8 Å². The van der Waals surface area contributed by atoms with Gasteiger partial charge in [-0.1, -0.05) is 36.4 Å². The van der Waals surface area contributed by atoms with Crippen LogP contribution in [-0.2, 0) is 19.4 Å². The van der Waals surface area contributed by atoms with E-state index in [2.05, 4.69) is 50.8 Å². The van der Waals surface area contributed by atoms with Crippen LogP contribution in [0.4, 0.5) is 22.0 Å². The third kappa shape index (κ3) is 6.06. The van der Waals surface area contributed by atoms with Crippen molar-refractivity contribution >= 4 is 34.9 Å². The molecular formula is C27H31FN6S. The molecule has 8 heteroatoms. The van der Waals surface area contributed by atoms with Crippen LogP contribution in [0.2, 0.25) is 0 Å². The number of thiocarbonyl (C=S) groups is 1. The fraction of sp³-hybridized carbons (Fsp3) is 0.370. The number of aryl methyl sites for hydroxylation is 1. The molecule has 3 aromatic rings. The molecule has 0 saturated carbocycles. The lowest BCUT2D eigenvalue weighted by Crippen LogP contribution is -2.33. The zero-order valence-electron chi connectivity index (χ0n) is 19.8. The lowest BCUT2D eigenvalue weighted by Gasteiger charge is -2.30. The maximum absolute atomic E-state index is 13.1. The van der Waals surface area contributed by atoms with E-state index in [1.165, 1.54) is 36.1 Å². The Balaban J connectivity index is 1.24. The Morgan fingerprint density at radius 1 is 0.914 bits per heavy atom. The number of nitrogens with one attached hydrogen (secondary N) is 2. The van der Waals surface area contributed by atoms with Crippen LogP contribution in [-0.4, -0.2) is 41.3 Å². The van der Waals surface area contributed by atoms with E-state index >= 15 is 0 Å². The second-order valence-corrected chi connectivity index (χ2v) is 9.56. The van der Waals surface area contributed by atoms with E-state index in [9.17, 15) is 4.39 Å². The zero-order valence-corrected chi connectivity index (χ0v) is 20.7. The van der Waals surface area contributed by atoms with E-state index in [-0.39, 0.29) is 5.82 Å². The first-order valence-electron chi connectivity index (χ1n) is 12.4. The predicted octanol–water partition coefficient (Wildman–Crippen LogP) is 4.70. The van der Waals surface area contributed by atoms with Crippen LogP contribution in [0.1, 0.15) is 36.0 Å². The number of rotatable bonds is 7. The van der Waals surface area contributed by atoms with Gasteiger partial charge in [-0.15, -0.1) is 0 Å². The highest BCUT2D eigenvalue weighted by atomic mass is 32.1. The van der Waals surface area contributed by atoms with Gasteiger partial charge in [-0.05, 0) is 73.1 Å². The molecule has 0 amide bonds. The van der Waals surface area contributed by atoms with Crippen LogP contribution >= 0.6 is 12.2 Å². The fourth-order valence-electron chi connectivity index (χ4n) is 4.73. The van der Waals surface area contributed by atoms with E-state index < -0.39 is 0 Å². The van der Waals surface area contributed by atoms with Gasteiger partial charge in [-0.3, -0.25) is 0 Å². The molecule has 2 N–H and O–H groups in total. The maximum Gasteiger partial charge on any atom is 0.232 e. The fourth-order valence-corrected chi connectivity index (χ4v) is 4.92. The van der Waals surface area contributed by atoms with E-state index in [1.54, 1.807) is 0 Å². The second-order valence-electron chi connectivity index (χ2n) is 9.15. The lowest BCUT2D eigenvalue weighted by molar-refractivity contribution is 0.626. The average molecular weight is 491 g/mol. The largest absolute Gasteiger partial charge is 0.362 e. The molecule has 2 aliphatic heterocycles. The van der Waals surface area contributed by atoms with Crippen molar-refractivity contribution in [3.63, 3.8) is 0 Å². The lowest BCUT2D eigenvalue weighted by atomic mass is 10.00. The van der Waals surface area contributed by atoms with Crippen molar-refractivity contribution in [2.45, 2.75) is 38.6 Å². The minimum atomic E-state index is -0.207. The monoisotopic (exact) mass is 490 g/mol. The highest BCUT2D eigenvalue weighted by Crippen LogP contribution is 2.28. The minimum Gasteiger partial charge on any atom is -0.362 e. The molecule has 0 bridgehead atoms. The normalized spacial score (nSPS) is 15.1. The first-order valence-corrected chi connectivity index (χ1v) is 12.8. The highest BCUT2D eigenvalue weighted by molar-refractivity contribution is 7.80. The summed E-state index contributed by atoms with van der Waals surface area (Å²) in [5, 5.41) is 6.97. The third-order valence-corrected chi connectivity index (χ3v) is 6.90. The van der Waals surface area contributed by atoms with E-state index in [1.807, 2.05) is 12.1 Å². The number of benzene rings is 2. The molecule has 5 rings (SSSR count). The van der Waals surface area contributed by atoms with Gasteiger partial charge in [0.15, 0.2) is 5.11 Å². The van der Waals surface area contributed by atoms with E-state index in [4.69, 9.17) is 22.2 Å². The Hall–Kier alpha value is -3.26. The molecule has 3 heterocycles. The van der Waals surface area contributed by atoms with Crippen LogP contribution in [0.5, 0.6) is 0 Å². The van der Waals surface area contributed by atoms with Crippen LogP contribution < -0.4 is 20.4 Å². The Morgan fingerprint density at radius 3 is 2.40 bits per heavy atom. The number of nitrogens with zero attached hydrogens (tertiary/aromatic N) is 4. The van der Waals surface area contributed by atoms with Gasteiger partial charge in [0.05, 0.1) is 0 Å². The second kappa shape index (κ2) is 11.0. The van der Waals surface area contributed by atoms with Crippen LogP contribution in [0, 0.1) is 5.82 Å². The number of halogens is 1. The molecule has 0 aliphatic carbocycles. The Kier molecular flexibility index (Phi) is 7.37. The highest BCUT2D eigenvalue weighted by Gasteiger charge is 2.21. The molecule has 0 atom stereocenters. The molecule has 1 fully saturated rings. The first kappa shape index (κ1) is 23.5. The Morgan fingerprint density at radius 2 is 1.63 bits per heavy atom. The van der Waals surface area contributed by atoms with E-state index in [0.717, 1.165) is 62.6 Å². The SMILES string of the molecule is Fc1ccc(CCCNC(=S)Nc2nc(N3CCCC3)cc(N3CCc4ccccc4C3)n2)cc1. The van der Waals surface area contributed by atoms with Crippen molar-refractivity contribution in [2.75, 3.05) is 41.3 Å². The zero-order chi connectivity index (χ0) is 24.0. The average Bonchev–Trinajstić information content (AvgIpc) is 3.42. The van der Waals surface area contributed by atoms with Crippen molar-refractivity contribution < 1.29 is 4.39 Å². The number of anilines is 3. The van der Waals surface area contributed by atoms with Crippen LogP contribution in [0.15, 0.2) is 54.6 Å². The number of aromatic nitrogens is 2. The molecule has 0 spiro atoms. The number of hydrogen-bond acceptors (Lipinski definition) is 5. The van der Waals surface area contributed by atoms with Crippen molar-refractivity contribution in [1.29, 1.82) is 0 Å². The van der Waals surface area contributed by atoms with Gasteiger partial charge < -0.3 is 20.4 Å². The van der Waals surface area contributed by atoms with Gasteiger partial charge in [-0.2, -0.15) is 9.97 Å². The van der Waals surface area contributed by atoms with Gasteiger partial charge in [0.1, 0.15) is 17.5 Å². The summed E-state index contributed by atoms with van der Waals surface area (Å²) < 4.78 is 13.1. The first-order chi connectivity index (χ1) is 17.1. The minimum absolute atomic E-state index is 0.207. The van der Waals surface area contributed by atoms with Gasteiger partial charge in [0.25, 0.3) is 0 Å². The quantitative estimate of drug-likeness (QED) is 0.368. The number of fused-ring (bicyclic) bond motifs is 1. The van der Waals surface area contributed by atoms with Gasteiger partial charge in [-0.25, -0.2) is 4.39 Å². The molecule has 1 saturated heterocycles. The Labute approximate surface area is 211 Å². The molecule has 35 heavy (non-hydrogen) atoms. The molecule has 1 aromatic heterocycles. The molecule has 0 unspecified atom stereocenters. The van der Waals surface area contributed by atoms with E-state index in [0.29, 0.717) is 17.6 Å². The summed E-state index contributed by atoms with van der Waals surface area (Å²) in [6.45, 7) is 4.53. The van der Waals surface area contributed by atoms with Crippen molar-refractivity contribution in [1.82, 2.24) is 15.3 Å². The standard InChI is InChI=1S/C27H31FN6S/c28-23-11-9-20(10-12-23)6-5-14-29-27(35)32-26-30-24(33-15-3-4-16-33)18-25(31-26)34-17-13-21-7-1-2-8-22(21)19-34/h1-2,7-12,18H,3-6,13-17,19H2,(H2,29,30,31,32,35). The maximum atomic E-state index is 13.1. The van der Waals surface area contributed by atoms with Crippen LogP contribution in [0.25, 0.3) is 0 Å². The van der Waals surface area contributed by atoms with Gasteiger partial charge in [0.2, 0.25) is 5.95 Å². The van der Waals surface area contributed by atoms with Crippen molar-refractivity contribution in [3.8, 4) is 0 Å². The van der Waals surface area contributed by atoms with Crippen molar-refractivity contribution in [3.05, 3.63) is 77.1 Å². The van der Waals surface area contributed by atoms with Crippen molar-refractivity contribution in [2.24, 2.45) is 0 Å². The molecule has 182 valence electrons. The van der Waals surface area contributed by atoms with Gasteiger partial charge >= 0.3 is 0 Å². The molecular weight excluding hydrogens is 459 g/mol. The smallest absolute Gasteiger partial charge is 0.232 e. The summed E-state index contributed by atoms with van der Waals surface area (Å²) in [5.74, 6) is 2.20. The summed E-state index contributed by atoms with van der Waals surface area (Å²) in [7, 11) is 0. The Bertz CT molecular complexity index is 1160. The molecule has 0 radical (unpaired) electrons. The summed E-state index contributed by atoms with van der Waals surface area (Å²) in [6, 6.07) is 17.4. The number of hydrogen-bond donors (Lipinski definition) is 2. The summed E-state index contributed by atoms with van der Waals surface area (Å²) in [4.78, 5) is 14.3. The summed E-state index contributed by atoms with van der Waals surface area (Å²) in [6.07, 6.45) is 5.13. The summed E-state index contributed by atoms with van der Waals surface area (Å²) in [5.41, 5.74) is 3.89. The third-order valence-electron chi connectivity index (χ3n) is 6.65. The predicted molar refractivity (Wildman–Crippen MR) is 144 cm³/mol. The molecule has 2 aromatic carbocycles. The molecule has 2 aliphatic rings. The summed E-state index contributed by atoms with van der Waals surface area (Å²) >= 11 is 5.53. The topological polar surface area (TPSA) is 56.3 Å². The molecule has 6 nitrogen and oxygen atoms in total. The van der Waals surface area contributed by atoms with Crippen LogP contribution in [0.3, 0.4) is 0 Å².